The van der Waals surface area contributed by atoms with Crippen LogP contribution in [0.5, 0.6) is 0 Å². The molecule has 1 aromatic heterocycles. The van der Waals surface area contributed by atoms with Crippen LogP contribution in [0.15, 0.2) is 12.4 Å². The van der Waals surface area contributed by atoms with Crippen LogP contribution >= 0.6 is 0 Å². The molecular weight excluding hydrogens is 396 g/mol. The molecular formula is C15H20N4O8S. The van der Waals surface area contributed by atoms with E-state index in [1.807, 2.05) is 0 Å². The van der Waals surface area contributed by atoms with Gasteiger partial charge in [0.05, 0.1) is 25.8 Å². The van der Waals surface area contributed by atoms with E-state index in [0.717, 1.165) is 4.90 Å². The van der Waals surface area contributed by atoms with E-state index in [1.54, 1.807) is 6.92 Å². The lowest BCUT2D eigenvalue weighted by Crippen LogP contribution is -2.58. The molecule has 0 aliphatic carbocycles. The summed E-state index contributed by atoms with van der Waals surface area (Å²) in [7, 11) is -3.92. The van der Waals surface area contributed by atoms with E-state index in [1.165, 1.54) is 30.9 Å². The quantitative estimate of drug-likeness (QED) is 0.336. The predicted molar refractivity (Wildman–Crippen MR) is 90.0 cm³/mol. The minimum Gasteiger partial charge on any atom is -0.435 e. The molecule has 3 rings (SSSR count). The third-order valence-electron chi connectivity index (χ3n) is 4.79. The Labute approximate surface area is 160 Å². The van der Waals surface area contributed by atoms with Gasteiger partial charge in [0.15, 0.2) is 15.9 Å². The molecule has 0 N–H and O–H groups in total. The van der Waals surface area contributed by atoms with Crippen molar-refractivity contribution in [2.45, 2.75) is 56.2 Å². The number of esters is 1. The van der Waals surface area contributed by atoms with E-state index in [-0.39, 0.29) is 19.6 Å². The lowest BCUT2D eigenvalue weighted by Gasteiger charge is -2.36. The first-order chi connectivity index (χ1) is 13.1. The molecule has 12 nitrogen and oxygen atoms in total. The number of hydrogen-bond donors (Lipinski definition) is 0. The Morgan fingerprint density at radius 1 is 1.39 bits per heavy atom. The van der Waals surface area contributed by atoms with Gasteiger partial charge in [0, 0.05) is 13.1 Å². The van der Waals surface area contributed by atoms with E-state index in [4.69, 9.17) is 9.47 Å². The molecule has 28 heavy (non-hydrogen) atoms. The summed E-state index contributed by atoms with van der Waals surface area (Å²) in [6, 6.07) is -1.42. The van der Waals surface area contributed by atoms with E-state index in [2.05, 4.69) is 15.0 Å². The average Bonchev–Trinajstić information content (AvgIpc) is 3.13. The number of fused-ring (bicyclic) bond motifs is 1. The first-order valence-electron chi connectivity index (χ1n) is 8.54. The van der Waals surface area contributed by atoms with Gasteiger partial charge in [-0.25, -0.2) is 18.0 Å². The maximum Gasteiger partial charge on any atom is 0.511 e. The Morgan fingerprint density at radius 3 is 2.68 bits per heavy atom. The summed E-state index contributed by atoms with van der Waals surface area (Å²) in [6.45, 7) is 4.08. The third kappa shape index (κ3) is 3.08. The SMILES string of the molecule is CCOC(=O)OC(C)OC(=O)C1N2C(=O)CC2S(=O)(=O)[C@@]1(C)Cn1ccnn1. The Hall–Kier alpha value is -2.70. The molecule has 2 aliphatic heterocycles. The molecule has 1 amide bonds. The summed E-state index contributed by atoms with van der Waals surface area (Å²) < 4.78 is 40.1. The van der Waals surface area contributed by atoms with Crippen molar-refractivity contribution < 1.29 is 37.0 Å². The number of amides is 1. The molecule has 0 spiro atoms. The van der Waals surface area contributed by atoms with Gasteiger partial charge in [0.2, 0.25) is 12.2 Å². The zero-order chi connectivity index (χ0) is 20.7. The molecule has 4 atom stereocenters. The molecule has 154 valence electrons. The number of ether oxygens (including phenoxy) is 3. The second-order valence-corrected chi connectivity index (χ2v) is 9.19. The van der Waals surface area contributed by atoms with Crippen molar-refractivity contribution in [1.29, 1.82) is 0 Å². The normalized spacial score (nSPS) is 28.8. The summed E-state index contributed by atoms with van der Waals surface area (Å²) in [4.78, 5) is 37.2. The molecule has 3 unspecified atom stereocenters. The highest BCUT2D eigenvalue weighted by Gasteiger charge is 2.70. The number of carbonyl (C=O) groups is 3. The molecule has 2 saturated heterocycles. The molecule has 1 aromatic rings. The first kappa shape index (κ1) is 20.0. The summed E-state index contributed by atoms with van der Waals surface area (Å²) in [5.74, 6) is -1.48. The van der Waals surface area contributed by atoms with Crippen LogP contribution in [0.25, 0.3) is 0 Å². The van der Waals surface area contributed by atoms with E-state index < -0.39 is 50.3 Å². The van der Waals surface area contributed by atoms with E-state index in [0.29, 0.717) is 0 Å². The number of aromatic nitrogens is 3. The highest BCUT2D eigenvalue weighted by molar-refractivity contribution is 7.93. The lowest BCUT2D eigenvalue weighted by atomic mass is 9.96. The predicted octanol–water partition coefficient (Wildman–Crippen LogP) is -0.545. The molecule has 2 aliphatic rings. The fraction of sp³-hybridized carbons (Fsp3) is 0.667. The molecule has 0 aromatic carbocycles. The van der Waals surface area contributed by atoms with Crippen molar-refractivity contribution >= 4 is 27.9 Å². The van der Waals surface area contributed by atoms with Gasteiger partial charge in [-0.05, 0) is 13.8 Å². The topological polar surface area (TPSA) is 147 Å². The van der Waals surface area contributed by atoms with Gasteiger partial charge in [-0.15, -0.1) is 5.10 Å². The monoisotopic (exact) mass is 416 g/mol. The molecule has 2 fully saturated rings. The van der Waals surface area contributed by atoms with Crippen LogP contribution in [0, 0.1) is 0 Å². The molecule has 0 saturated carbocycles. The lowest BCUT2D eigenvalue weighted by molar-refractivity contribution is -0.179. The number of sulfone groups is 1. The van der Waals surface area contributed by atoms with E-state index in [9.17, 15) is 22.8 Å². The van der Waals surface area contributed by atoms with Gasteiger partial charge in [0.25, 0.3) is 0 Å². The number of nitrogens with zero attached hydrogens (tertiary/aromatic N) is 4. The van der Waals surface area contributed by atoms with Crippen molar-refractivity contribution in [2.24, 2.45) is 0 Å². The fourth-order valence-corrected chi connectivity index (χ4v) is 5.80. The van der Waals surface area contributed by atoms with Crippen LogP contribution in [0.4, 0.5) is 4.79 Å². The maximum atomic E-state index is 13.0. The summed E-state index contributed by atoms with van der Waals surface area (Å²) in [6.07, 6.45) is 0.250. The molecule has 0 radical (unpaired) electrons. The smallest absolute Gasteiger partial charge is 0.435 e. The summed E-state index contributed by atoms with van der Waals surface area (Å²) >= 11 is 0. The Morgan fingerprint density at radius 2 is 2.11 bits per heavy atom. The highest BCUT2D eigenvalue weighted by Crippen LogP contribution is 2.47. The minimum absolute atomic E-state index is 0.0697. The van der Waals surface area contributed by atoms with Crippen LogP contribution < -0.4 is 0 Å². The largest absolute Gasteiger partial charge is 0.511 e. The second-order valence-electron chi connectivity index (χ2n) is 6.63. The Balaban J connectivity index is 1.86. The van der Waals surface area contributed by atoms with Crippen LogP contribution in [0.2, 0.25) is 0 Å². The zero-order valence-corrected chi connectivity index (χ0v) is 16.3. The van der Waals surface area contributed by atoms with Gasteiger partial charge in [-0.2, -0.15) is 0 Å². The average molecular weight is 416 g/mol. The van der Waals surface area contributed by atoms with Gasteiger partial charge < -0.3 is 19.1 Å². The summed E-state index contributed by atoms with van der Waals surface area (Å²) in [5.41, 5.74) is 0. The van der Waals surface area contributed by atoms with Crippen LogP contribution in [-0.2, 0) is 40.2 Å². The van der Waals surface area contributed by atoms with Gasteiger partial charge in [0.1, 0.15) is 10.1 Å². The minimum atomic E-state index is -3.92. The fourth-order valence-electron chi connectivity index (χ4n) is 3.45. The van der Waals surface area contributed by atoms with Crippen molar-refractivity contribution in [2.75, 3.05) is 6.61 Å². The highest BCUT2D eigenvalue weighted by atomic mass is 32.2. The Bertz CT molecular complexity index is 886. The van der Waals surface area contributed by atoms with Gasteiger partial charge in [-0.1, -0.05) is 5.21 Å². The Kier molecular flexibility index (Phi) is 5.04. The molecule has 13 heteroatoms. The molecule has 3 heterocycles. The van der Waals surface area contributed by atoms with Gasteiger partial charge in [-0.3, -0.25) is 9.48 Å². The third-order valence-corrected chi connectivity index (χ3v) is 7.55. The number of rotatable bonds is 6. The number of hydrogen-bond acceptors (Lipinski definition) is 10. The van der Waals surface area contributed by atoms with E-state index >= 15 is 0 Å². The van der Waals surface area contributed by atoms with Gasteiger partial charge >= 0.3 is 12.1 Å². The van der Waals surface area contributed by atoms with Crippen molar-refractivity contribution in [3.05, 3.63) is 12.4 Å². The summed E-state index contributed by atoms with van der Waals surface area (Å²) in [5, 5.41) is 6.28. The number of β-lactam (4-membered cyclic amide) rings is 1. The maximum absolute atomic E-state index is 13.0. The molecule has 0 bridgehead atoms. The van der Waals surface area contributed by atoms with Crippen LogP contribution in [-0.4, -0.2) is 75.4 Å². The van der Waals surface area contributed by atoms with Crippen molar-refractivity contribution in [3.63, 3.8) is 0 Å². The van der Waals surface area contributed by atoms with Crippen LogP contribution in [0.1, 0.15) is 27.2 Å². The second kappa shape index (κ2) is 7.04. The van der Waals surface area contributed by atoms with Crippen molar-refractivity contribution in [1.82, 2.24) is 19.9 Å². The zero-order valence-electron chi connectivity index (χ0n) is 15.5. The van der Waals surface area contributed by atoms with Crippen LogP contribution in [0.3, 0.4) is 0 Å². The first-order valence-corrected chi connectivity index (χ1v) is 10.1. The van der Waals surface area contributed by atoms with Crippen molar-refractivity contribution in [3.8, 4) is 0 Å². The standard InChI is InChI=1S/C15H20N4O8S/c1-4-25-14(22)27-9(2)26-13(21)12-15(3,8-18-6-5-16-17-18)28(23,24)11-7-10(20)19(11)12/h5-6,9,11-12H,4,7-8H2,1-3H3/t9?,11?,12?,15-/m0/s1. The number of carbonyl (C=O) groups excluding carboxylic acids is 3.